The number of carboxylic acids is 1. The third-order valence-corrected chi connectivity index (χ3v) is 3.89. The Morgan fingerprint density at radius 1 is 1.45 bits per heavy atom. The van der Waals surface area contributed by atoms with Gasteiger partial charge < -0.3 is 19.9 Å². The fourth-order valence-corrected chi connectivity index (χ4v) is 2.74. The van der Waals surface area contributed by atoms with E-state index in [0.717, 1.165) is 22.8 Å². The van der Waals surface area contributed by atoms with E-state index >= 15 is 0 Å². The molecule has 1 heterocycles. The zero-order valence-corrected chi connectivity index (χ0v) is 11.5. The van der Waals surface area contributed by atoms with Crippen LogP contribution in [0.3, 0.4) is 0 Å². The minimum Gasteiger partial charge on any atom is -0.480 e. The Kier molecular flexibility index (Phi) is 5.11. The first kappa shape index (κ1) is 14.5. The van der Waals surface area contributed by atoms with Crippen molar-refractivity contribution in [2.45, 2.75) is 18.2 Å². The molecule has 0 saturated heterocycles. The molecule has 1 aromatic rings. The molecule has 2 N–H and O–H groups in total. The van der Waals surface area contributed by atoms with Crippen molar-refractivity contribution in [3.8, 4) is 11.5 Å². The lowest BCUT2D eigenvalue weighted by Gasteiger charge is -2.10. The fraction of sp³-hybridized carbons (Fsp3) is 0.385. The molecule has 0 saturated carbocycles. The number of hydrogen-bond acceptors (Lipinski definition) is 5. The lowest BCUT2D eigenvalue weighted by atomic mass is 10.2. The number of carbonyl (C=O) groups excluding carboxylic acids is 1. The summed E-state index contributed by atoms with van der Waals surface area (Å²) in [6, 6.07) is 4.93. The number of rotatable bonds is 8. The largest absolute Gasteiger partial charge is 0.480 e. The molecule has 1 unspecified atom stereocenters. The monoisotopic (exact) mass is 297 g/mol. The van der Waals surface area contributed by atoms with Crippen LogP contribution in [0.1, 0.15) is 12.0 Å². The van der Waals surface area contributed by atoms with Gasteiger partial charge >= 0.3 is 5.97 Å². The van der Waals surface area contributed by atoms with Gasteiger partial charge in [0.25, 0.3) is 0 Å². The molecule has 1 atom stereocenters. The van der Waals surface area contributed by atoms with E-state index in [1.807, 2.05) is 18.2 Å². The summed E-state index contributed by atoms with van der Waals surface area (Å²) in [5, 5.41) is 11.2. The van der Waals surface area contributed by atoms with E-state index in [2.05, 4.69) is 5.32 Å². The molecular formula is C13H15NO5S. The van der Waals surface area contributed by atoms with Crippen LogP contribution in [0.15, 0.2) is 18.2 Å². The first-order valence-corrected chi connectivity index (χ1v) is 7.25. The summed E-state index contributed by atoms with van der Waals surface area (Å²) in [6.07, 6.45) is 0.810. The van der Waals surface area contributed by atoms with E-state index < -0.39 is 12.0 Å². The van der Waals surface area contributed by atoms with E-state index in [9.17, 15) is 9.59 Å². The lowest BCUT2D eigenvalue weighted by Crippen LogP contribution is -2.36. The number of carboxylic acid groups (broad SMARTS) is 1. The molecule has 0 fully saturated rings. The van der Waals surface area contributed by atoms with Gasteiger partial charge in [0.15, 0.2) is 11.5 Å². The standard InChI is InChI=1S/C13H15NO5S/c15-7-14-10(13(16)17)3-4-20-6-9-1-2-11-12(5-9)19-8-18-11/h1-2,5,7,10H,3-4,6,8H2,(H,14,15)(H,16,17). The Hall–Kier alpha value is -1.89. The average Bonchev–Trinajstić information content (AvgIpc) is 2.89. The third-order valence-electron chi connectivity index (χ3n) is 2.82. The molecule has 0 radical (unpaired) electrons. The molecule has 0 bridgehead atoms. The van der Waals surface area contributed by atoms with Gasteiger partial charge in [-0.25, -0.2) is 4.79 Å². The van der Waals surface area contributed by atoms with Crippen molar-refractivity contribution in [3.63, 3.8) is 0 Å². The zero-order chi connectivity index (χ0) is 14.4. The maximum atomic E-state index is 10.8. The Morgan fingerprint density at radius 2 is 2.25 bits per heavy atom. The van der Waals surface area contributed by atoms with Crippen LogP contribution in [0.5, 0.6) is 11.5 Å². The number of benzene rings is 1. The molecule has 0 aromatic heterocycles. The number of aliphatic carboxylic acids is 1. The maximum absolute atomic E-state index is 10.8. The topological polar surface area (TPSA) is 84.9 Å². The average molecular weight is 297 g/mol. The van der Waals surface area contributed by atoms with Gasteiger partial charge in [0.1, 0.15) is 6.04 Å². The number of hydrogen-bond donors (Lipinski definition) is 2. The van der Waals surface area contributed by atoms with Gasteiger partial charge in [-0.05, 0) is 29.9 Å². The quantitative estimate of drug-likeness (QED) is 0.555. The van der Waals surface area contributed by atoms with Crippen molar-refractivity contribution in [1.29, 1.82) is 0 Å². The minimum atomic E-state index is -1.01. The molecule has 20 heavy (non-hydrogen) atoms. The van der Waals surface area contributed by atoms with Crippen molar-refractivity contribution in [2.24, 2.45) is 0 Å². The second-order valence-electron chi connectivity index (χ2n) is 4.20. The summed E-state index contributed by atoms with van der Waals surface area (Å²) in [4.78, 5) is 21.1. The normalized spacial score (nSPS) is 13.8. The van der Waals surface area contributed by atoms with Gasteiger partial charge in [-0.15, -0.1) is 0 Å². The number of carbonyl (C=O) groups is 2. The molecule has 1 amide bonds. The molecule has 1 aromatic carbocycles. The van der Waals surface area contributed by atoms with E-state index in [0.29, 0.717) is 18.6 Å². The van der Waals surface area contributed by atoms with E-state index in [-0.39, 0.29) is 6.79 Å². The van der Waals surface area contributed by atoms with Crippen LogP contribution in [0.4, 0.5) is 0 Å². The fourth-order valence-electron chi connectivity index (χ4n) is 1.78. The molecule has 0 spiro atoms. The zero-order valence-electron chi connectivity index (χ0n) is 10.7. The number of fused-ring (bicyclic) bond motifs is 1. The van der Waals surface area contributed by atoms with Gasteiger partial charge in [0.05, 0.1) is 0 Å². The molecule has 7 heteroatoms. The number of amides is 1. The third kappa shape index (κ3) is 3.80. The number of thioether (sulfide) groups is 1. The highest BCUT2D eigenvalue weighted by molar-refractivity contribution is 7.98. The van der Waals surface area contributed by atoms with Gasteiger partial charge in [-0.3, -0.25) is 4.79 Å². The molecule has 0 aliphatic carbocycles. The highest BCUT2D eigenvalue weighted by Gasteiger charge is 2.16. The van der Waals surface area contributed by atoms with Crippen molar-refractivity contribution in [3.05, 3.63) is 23.8 Å². The van der Waals surface area contributed by atoms with E-state index in [1.54, 1.807) is 11.8 Å². The molecule has 108 valence electrons. The SMILES string of the molecule is O=CNC(CCSCc1ccc2c(c1)OCO2)C(=O)O. The predicted octanol–water partition coefficient (Wildman–Crippen LogP) is 1.24. The highest BCUT2D eigenvalue weighted by atomic mass is 32.2. The molecule has 1 aliphatic rings. The van der Waals surface area contributed by atoms with Gasteiger partial charge in [-0.2, -0.15) is 11.8 Å². The van der Waals surface area contributed by atoms with Crippen LogP contribution in [-0.2, 0) is 15.3 Å². The number of nitrogens with one attached hydrogen (secondary N) is 1. The van der Waals surface area contributed by atoms with Crippen LogP contribution in [0.25, 0.3) is 0 Å². The van der Waals surface area contributed by atoms with Crippen molar-refractivity contribution >= 4 is 24.1 Å². The van der Waals surface area contributed by atoms with Crippen molar-refractivity contribution in [2.75, 3.05) is 12.5 Å². The summed E-state index contributed by atoms with van der Waals surface area (Å²) in [7, 11) is 0. The maximum Gasteiger partial charge on any atom is 0.326 e. The Bertz CT molecular complexity index is 494. The second kappa shape index (κ2) is 7.04. The molecule has 6 nitrogen and oxygen atoms in total. The van der Waals surface area contributed by atoms with E-state index in [4.69, 9.17) is 14.6 Å². The van der Waals surface area contributed by atoms with Crippen LogP contribution >= 0.6 is 11.8 Å². The second-order valence-corrected chi connectivity index (χ2v) is 5.31. The predicted molar refractivity (Wildman–Crippen MR) is 74.0 cm³/mol. The Balaban J connectivity index is 1.75. The summed E-state index contributed by atoms with van der Waals surface area (Å²) in [5.41, 5.74) is 1.09. The van der Waals surface area contributed by atoms with Gasteiger partial charge in [0.2, 0.25) is 13.2 Å². The molecule has 1 aliphatic heterocycles. The summed E-state index contributed by atoms with van der Waals surface area (Å²) >= 11 is 1.61. The minimum absolute atomic E-state index is 0.254. The first-order valence-electron chi connectivity index (χ1n) is 6.09. The van der Waals surface area contributed by atoms with Gasteiger partial charge in [0, 0.05) is 5.75 Å². The van der Waals surface area contributed by atoms with Crippen LogP contribution in [0.2, 0.25) is 0 Å². The smallest absolute Gasteiger partial charge is 0.326 e. The Morgan fingerprint density at radius 3 is 3.00 bits per heavy atom. The van der Waals surface area contributed by atoms with Gasteiger partial charge in [-0.1, -0.05) is 6.07 Å². The van der Waals surface area contributed by atoms with Crippen LogP contribution < -0.4 is 14.8 Å². The highest BCUT2D eigenvalue weighted by Crippen LogP contribution is 2.33. The number of ether oxygens (including phenoxy) is 2. The first-order chi connectivity index (χ1) is 9.70. The Labute approximate surface area is 120 Å². The lowest BCUT2D eigenvalue weighted by molar-refractivity contribution is -0.140. The van der Waals surface area contributed by atoms with E-state index in [1.165, 1.54) is 0 Å². The molecular weight excluding hydrogens is 282 g/mol. The summed E-state index contributed by atoms with van der Waals surface area (Å²) in [6.45, 7) is 0.254. The summed E-state index contributed by atoms with van der Waals surface area (Å²) in [5.74, 6) is 1.88. The summed E-state index contributed by atoms with van der Waals surface area (Å²) < 4.78 is 10.5. The molecule has 2 rings (SSSR count). The van der Waals surface area contributed by atoms with Crippen molar-refractivity contribution in [1.82, 2.24) is 5.32 Å². The van der Waals surface area contributed by atoms with Crippen molar-refractivity contribution < 1.29 is 24.2 Å². The van der Waals surface area contributed by atoms with Crippen LogP contribution in [0, 0.1) is 0 Å². The van der Waals surface area contributed by atoms with Crippen LogP contribution in [-0.4, -0.2) is 36.1 Å².